The van der Waals surface area contributed by atoms with Crippen molar-refractivity contribution in [2.75, 3.05) is 25.1 Å². The largest absolute Gasteiger partial charge is 0.467 e. The maximum atomic E-state index is 11.1. The number of hydrogen-bond donors (Lipinski definition) is 0. The van der Waals surface area contributed by atoms with Crippen LogP contribution in [0.15, 0.2) is 0 Å². The monoisotopic (exact) mass is 279 g/mol. The normalized spacial score (nSPS) is 9.70. The van der Waals surface area contributed by atoms with Crippen LogP contribution < -0.4 is 9.64 Å². The summed E-state index contributed by atoms with van der Waals surface area (Å²) in [6, 6.07) is 1.87. The molecule has 0 aliphatic rings. The molecular formula is C12H17N5O3. The lowest BCUT2D eigenvalue weighted by atomic mass is 10.5. The number of rotatable bonds is 7. The Balaban J connectivity index is 2.88. The lowest BCUT2D eigenvalue weighted by Gasteiger charge is -2.18. The Kier molecular flexibility index (Phi) is 6.16. The SMILES string of the molecule is CCN(CC)c1nc(COC(=O)CC#N)nc(OC)n1. The molecule has 0 spiro atoms. The number of aromatic nitrogens is 3. The summed E-state index contributed by atoms with van der Waals surface area (Å²) in [5.41, 5.74) is 0. The van der Waals surface area contributed by atoms with Gasteiger partial charge in [0.1, 0.15) is 6.42 Å². The van der Waals surface area contributed by atoms with Crippen LogP contribution in [-0.4, -0.2) is 41.1 Å². The first-order chi connectivity index (χ1) is 9.64. The number of nitriles is 1. The Hall–Kier alpha value is -2.43. The third-order valence-electron chi connectivity index (χ3n) is 2.46. The topological polar surface area (TPSA) is 101 Å². The average molecular weight is 279 g/mol. The van der Waals surface area contributed by atoms with Crippen LogP contribution in [-0.2, 0) is 16.1 Å². The predicted octanol–water partition coefficient (Wildman–Crippen LogP) is 0.683. The Labute approximate surface area is 117 Å². The first-order valence-corrected chi connectivity index (χ1v) is 6.21. The highest BCUT2D eigenvalue weighted by molar-refractivity contribution is 5.71. The minimum atomic E-state index is -0.615. The molecule has 8 heteroatoms. The van der Waals surface area contributed by atoms with Crippen LogP contribution in [0.1, 0.15) is 26.1 Å². The molecule has 0 radical (unpaired) electrons. The molecule has 0 aromatic carbocycles. The number of hydrogen-bond acceptors (Lipinski definition) is 8. The Morgan fingerprint density at radius 3 is 2.55 bits per heavy atom. The molecule has 1 aromatic rings. The summed E-state index contributed by atoms with van der Waals surface area (Å²) in [6.07, 6.45) is -0.300. The Morgan fingerprint density at radius 1 is 1.30 bits per heavy atom. The summed E-state index contributed by atoms with van der Waals surface area (Å²) in [6.45, 7) is 5.31. The lowest BCUT2D eigenvalue weighted by molar-refractivity contribution is -0.143. The minimum Gasteiger partial charge on any atom is -0.467 e. The van der Waals surface area contributed by atoms with Gasteiger partial charge in [-0.2, -0.15) is 20.2 Å². The molecule has 8 nitrogen and oxygen atoms in total. The maximum Gasteiger partial charge on any atom is 0.321 e. The van der Waals surface area contributed by atoms with Gasteiger partial charge in [0.05, 0.1) is 13.2 Å². The second kappa shape index (κ2) is 7.89. The van der Waals surface area contributed by atoms with Gasteiger partial charge < -0.3 is 14.4 Å². The van der Waals surface area contributed by atoms with Gasteiger partial charge in [0, 0.05) is 13.1 Å². The van der Waals surface area contributed by atoms with Gasteiger partial charge in [-0.15, -0.1) is 0 Å². The van der Waals surface area contributed by atoms with Gasteiger partial charge in [0.2, 0.25) is 5.95 Å². The number of esters is 1. The lowest BCUT2D eigenvalue weighted by Crippen LogP contribution is -2.25. The highest BCUT2D eigenvalue weighted by atomic mass is 16.5. The van der Waals surface area contributed by atoms with Crippen molar-refractivity contribution in [2.24, 2.45) is 0 Å². The summed E-state index contributed by atoms with van der Waals surface area (Å²) >= 11 is 0. The van der Waals surface area contributed by atoms with Crippen molar-refractivity contribution in [1.82, 2.24) is 15.0 Å². The van der Waals surface area contributed by atoms with Crippen LogP contribution in [0.4, 0.5) is 5.95 Å². The van der Waals surface area contributed by atoms with Crippen molar-refractivity contribution >= 4 is 11.9 Å². The number of anilines is 1. The zero-order valence-corrected chi connectivity index (χ0v) is 11.8. The van der Waals surface area contributed by atoms with Crippen LogP contribution in [0.3, 0.4) is 0 Å². The zero-order chi connectivity index (χ0) is 15.0. The highest BCUT2D eigenvalue weighted by Crippen LogP contribution is 2.12. The summed E-state index contributed by atoms with van der Waals surface area (Å²) in [5, 5.41) is 8.38. The van der Waals surface area contributed by atoms with Crippen molar-refractivity contribution in [3.8, 4) is 12.1 Å². The van der Waals surface area contributed by atoms with Crippen LogP contribution in [0.2, 0.25) is 0 Å². The third kappa shape index (κ3) is 4.35. The van der Waals surface area contributed by atoms with Crippen LogP contribution in [0, 0.1) is 11.3 Å². The van der Waals surface area contributed by atoms with Gasteiger partial charge in [0.15, 0.2) is 12.4 Å². The fourth-order valence-electron chi connectivity index (χ4n) is 1.45. The van der Waals surface area contributed by atoms with E-state index in [2.05, 4.69) is 15.0 Å². The molecule has 0 saturated carbocycles. The summed E-state index contributed by atoms with van der Waals surface area (Å²) in [5.74, 6) is 0.134. The molecule has 20 heavy (non-hydrogen) atoms. The number of carbonyl (C=O) groups excluding carboxylic acids is 1. The van der Waals surface area contributed by atoms with E-state index in [1.165, 1.54) is 7.11 Å². The van der Waals surface area contributed by atoms with Crippen molar-refractivity contribution in [1.29, 1.82) is 5.26 Å². The molecule has 0 unspecified atom stereocenters. The molecule has 0 amide bonds. The van der Waals surface area contributed by atoms with Gasteiger partial charge in [-0.05, 0) is 13.8 Å². The average Bonchev–Trinajstić information content (AvgIpc) is 2.46. The van der Waals surface area contributed by atoms with Crippen LogP contribution in [0.5, 0.6) is 6.01 Å². The standard InChI is InChI=1S/C12H17N5O3/c1-4-17(5-2)11-14-9(15-12(16-11)19-3)8-20-10(18)6-7-13/h4-6,8H2,1-3H3. The molecule has 108 valence electrons. The second-order valence-corrected chi connectivity index (χ2v) is 3.71. The van der Waals surface area contributed by atoms with Crippen molar-refractivity contribution < 1.29 is 14.3 Å². The van der Waals surface area contributed by atoms with E-state index in [9.17, 15) is 4.79 Å². The van der Waals surface area contributed by atoms with E-state index in [0.29, 0.717) is 5.95 Å². The van der Waals surface area contributed by atoms with Crippen LogP contribution >= 0.6 is 0 Å². The van der Waals surface area contributed by atoms with Crippen molar-refractivity contribution in [3.63, 3.8) is 0 Å². The molecule has 0 fully saturated rings. The van der Waals surface area contributed by atoms with Crippen LogP contribution in [0.25, 0.3) is 0 Å². The molecule has 0 saturated heterocycles. The number of nitrogens with zero attached hydrogens (tertiary/aromatic N) is 5. The smallest absolute Gasteiger partial charge is 0.321 e. The highest BCUT2D eigenvalue weighted by Gasteiger charge is 2.12. The summed E-state index contributed by atoms with van der Waals surface area (Å²) in [7, 11) is 1.45. The third-order valence-corrected chi connectivity index (χ3v) is 2.46. The number of ether oxygens (including phenoxy) is 2. The molecule has 0 N–H and O–H groups in total. The van der Waals surface area contributed by atoms with Gasteiger partial charge in [0.25, 0.3) is 0 Å². The minimum absolute atomic E-state index is 0.117. The summed E-state index contributed by atoms with van der Waals surface area (Å²) in [4.78, 5) is 25.4. The van der Waals surface area contributed by atoms with Gasteiger partial charge in [-0.1, -0.05) is 0 Å². The zero-order valence-electron chi connectivity index (χ0n) is 11.8. The van der Waals surface area contributed by atoms with E-state index >= 15 is 0 Å². The second-order valence-electron chi connectivity index (χ2n) is 3.71. The molecule has 1 aromatic heterocycles. The molecule has 0 bridgehead atoms. The Morgan fingerprint density at radius 2 is 2.00 bits per heavy atom. The molecule has 0 atom stereocenters. The van der Waals surface area contributed by atoms with Crippen molar-refractivity contribution in [3.05, 3.63) is 5.82 Å². The van der Waals surface area contributed by atoms with E-state index in [1.807, 2.05) is 18.7 Å². The van der Waals surface area contributed by atoms with Gasteiger partial charge in [-0.25, -0.2) is 0 Å². The fraction of sp³-hybridized carbons (Fsp3) is 0.583. The quantitative estimate of drug-likeness (QED) is 0.672. The van der Waals surface area contributed by atoms with E-state index in [1.54, 1.807) is 6.07 Å². The first kappa shape index (κ1) is 15.6. The summed E-state index contributed by atoms with van der Waals surface area (Å²) < 4.78 is 9.89. The van der Waals surface area contributed by atoms with Gasteiger partial charge in [-0.3, -0.25) is 4.79 Å². The number of methoxy groups -OCH3 is 1. The number of carbonyl (C=O) groups is 1. The molecular weight excluding hydrogens is 262 g/mol. The molecule has 0 aliphatic carbocycles. The van der Waals surface area contributed by atoms with Crippen molar-refractivity contribution in [2.45, 2.75) is 26.9 Å². The molecule has 0 aliphatic heterocycles. The van der Waals surface area contributed by atoms with E-state index < -0.39 is 5.97 Å². The maximum absolute atomic E-state index is 11.1. The molecule has 1 heterocycles. The van der Waals surface area contributed by atoms with E-state index in [0.717, 1.165) is 13.1 Å². The van der Waals surface area contributed by atoms with E-state index in [4.69, 9.17) is 14.7 Å². The Bertz CT molecular complexity index is 496. The predicted molar refractivity (Wildman–Crippen MR) is 70.0 cm³/mol. The van der Waals surface area contributed by atoms with E-state index in [-0.39, 0.29) is 24.9 Å². The molecule has 1 rings (SSSR count). The fourth-order valence-corrected chi connectivity index (χ4v) is 1.45. The van der Waals surface area contributed by atoms with Gasteiger partial charge >= 0.3 is 12.0 Å². The first-order valence-electron chi connectivity index (χ1n) is 6.21.